The summed E-state index contributed by atoms with van der Waals surface area (Å²) in [5.41, 5.74) is 2.31. The van der Waals surface area contributed by atoms with Crippen molar-refractivity contribution < 1.29 is 38.1 Å². The number of nitriles is 1. The van der Waals surface area contributed by atoms with Crippen LogP contribution in [0.25, 0.3) is 5.52 Å². The van der Waals surface area contributed by atoms with Crippen LogP contribution in [0.1, 0.15) is 93.7 Å². The zero-order valence-corrected chi connectivity index (χ0v) is 27.1. The highest BCUT2D eigenvalue weighted by molar-refractivity contribution is 5.76. The van der Waals surface area contributed by atoms with Crippen LogP contribution in [-0.2, 0) is 38.9 Å². The zero-order valence-electron chi connectivity index (χ0n) is 27.1. The van der Waals surface area contributed by atoms with Crippen molar-refractivity contribution in [2.45, 2.75) is 117 Å². The molecule has 1 saturated heterocycles. The molecule has 1 aliphatic rings. The Morgan fingerprint density at radius 2 is 1.68 bits per heavy atom. The summed E-state index contributed by atoms with van der Waals surface area (Å²) in [6, 6.07) is 5.44. The highest BCUT2D eigenvalue weighted by Crippen LogP contribution is 2.48. The van der Waals surface area contributed by atoms with E-state index in [1.807, 2.05) is 20.8 Å². The number of ether oxygens (including phenoxy) is 5. The average Bonchev–Trinajstić information content (AvgIpc) is 3.52. The average molecular weight is 616 g/mol. The molecular formula is C31H45N5O8. The lowest BCUT2D eigenvalue weighted by Gasteiger charge is -2.31. The Hall–Kier alpha value is -3.92. The molecule has 1 fully saturated rings. The molecule has 44 heavy (non-hydrogen) atoms. The lowest BCUT2D eigenvalue weighted by molar-refractivity contribution is -0.169. The van der Waals surface area contributed by atoms with Gasteiger partial charge in [-0.15, -0.1) is 0 Å². The molecule has 0 spiro atoms. The molecule has 0 unspecified atom stereocenters. The molecule has 1 aliphatic heterocycles. The normalized spacial score (nSPS) is 22.3. The Morgan fingerprint density at radius 3 is 2.27 bits per heavy atom. The first-order chi connectivity index (χ1) is 20.5. The first kappa shape index (κ1) is 34.6. The fourth-order valence-electron chi connectivity index (χ4n) is 4.59. The number of nitrogens with two attached hydrogens (primary N) is 1. The van der Waals surface area contributed by atoms with Crippen molar-refractivity contribution in [3.8, 4) is 6.07 Å². The fourth-order valence-corrected chi connectivity index (χ4v) is 4.59. The summed E-state index contributed by atoms with van der Waals surface area (Å²) in [6.45, 7) is 15.6. The van der Waals surface area contributed by atoms with Gasteiger partial charge in [-0.2, -0.15) is 10.4 Å². The van der Waals surface area contributed by atoms with E-state index in [1.165, 1.54) is 10.8 Å². The maximum atomic E-state index is 13.5. The van der Waals surface area contributed by atoms with Crippen LogP contribution in [0.4, 0.5) is 10.6 Å². The number of nitrogen functional groups attached to an aromatic ring is 1. The topological polar surface area (TPSA) is 177 Å². The minimum Gasteiger partial charge on any atom is -0.460 e. The van der Waals surface area contributed by atoms with Crippen molar-refractivity contribution in [3.05, 3.63) is 24.2 Å². The monoisotopic (exact) mass is 615 g/mol. The minimum atomic E-state index is -1.91. The fraction of sp³-hybridized carbons (Fsp3) is 0.677. The number of rotatable bonds is 12. The van der Waals surface area contributed by atoms with E-state index < -0.39 is 65.0 Å². The van der Waals surface area contributed by atoms with Crippen LogP contribution in [0.3, 0.4) is 0 Å². The number of nitrogens with zero attached hydrogens (tertiary/aromatic N) is 4. The summed E-state index contributed by atoms with van der Waals surface area (Å²) in [5.74, 6) is -2.13. The quantitative estimate of drug-likeness (QED) is 0.254. The van der Waals surface area contributed by atoms with Crippen LogP contribution in [0, 0.1) is 22.7 Å². The lowest BCUT2D eigenvalue weighted by Crippen LogP contribution is -2.43. The van der Waals surface area contributed by atoms with Crippen LogP contribution in [0.5, 0.6) is 0 Å². The molecule has 2 aromatic rings. The summed E-state index contributed by atoms with van der Waals surface area (Å²) in [5, 5.41) is 15.1. The molecule has 3 heterocycles. The second-order valence-electron chi connectivity index (χ2n) is 12.9. The van der Waals surface area contributed by atoms with E-state index in [0.717, 1.165) is 0 Å². The van der Waals surface area contributed by atoms with Gasteiger partial charge in [-0.05, 0) is 72.9 Å². The second-order valence-corrected chi connectivity index (χ2v) is 12.9. The van der Waals surface area contributed by atoms with E-state index >= 15 is 0 Å². The van der Waals surface area contributed by atoms with Gasteiger partial charge >= 0.3 is 18.1 Å². The third-order valence-corrected chi connectivity index (χ3v) is 8.54. The van der Waals surface area contributed by atoms with Gasteiger partial charge in [-0.3, -0.25) is 9.59 Å². The number of hydrogen-bond acceptors (Lipinski definition) is 12. The summed E-state index contributed by atoms with van der Waals surface area (Å²) >= 11 is 0. The molecule has 2 aromatic heterocycles. The predicted octanol–water partition coefficient (Wildman–Crippen LogP) is 4.86. The largest absolute Gasteiger partial charge is 0.508 e. The van der Waals surface area contributed by atoms with E-state index in [2.05, 4.69) is 16.2 Å². The second kappa shape index (κ2) is 13.0. The predicted molar refractivity (Wildman–Crippen MR) is 159 cm³/mol. The molecule has 13 nitrogen and oxygen atoms in total. The molecule has 2 N–H and O–H groups in total. The molecule has 0 saturated carbocycles. The van der Waals surface area contributed by atoms with Gasteiger partial charge in [-0.1, -0.05) is 20.8 Å². The van der Waals surface area contributed by atoms with E-state index in [4.69, 9.17) is 29.4 Å². The number of esters is 2. The van der Waals surface area contributed by atoms with Crippen LogP contribution in [0.2, 0.25) is 0 Å². The number of carbonyl (C=O) groups excluding carboxylic acids is 3. The molecule has 242 valence electrons. The molecule has 0 bridgehead atoms. The SMILES string of the molecule is CCC(C)(C)OC(=O)C[C@@H]1[C@H](OC(=O)C(C)(C)CC)[C@@H](COC(=O)OC(C)(C)CC)O[C@@]1(C#N)c1ccc2c(N)ncnn12. The molecule has 13 heteroatoms. The van der Waals surface area contributed by atoms with Gasteiger partial charge in [0.2, 0.25) is 5.60 Å². The van der Waals surface area contributed by atoms with Crippen molar-refractivity contribution in [2.75, 3.05) is 12.3 Å². The van der Waals surface area contributed by atoms with E-state index in [1.54, 1.807) is 53.7 Å². The summed E-state index contributed by atoms with van der Waals surface area (Å²) < 4.78 is 30.5. The Morgan fingerprint density at radius 1 is 1.05 bits per heavy atom. The Balaban J connectivity index is 2.14. The van der Waals surface area contributed by atoms with Crippen LogP contribution in [0.15, 0.2) is 18.5 Å². The van der Waals surface area contributed by atoms with Crippen molar-refractivity contribution in [3.63, 3.8) is 0 Å². The Bertz CT molecular complexity index is 1410. The molecule has 0 amide bonds. The van der Waals surface area contributed by atoms with E-state index in [0.29, 0.717) is 24.8 Å². The maximum absolute atomic E-state index is 13.5. The maximum Gasteiger partial charge on any atom is 0.508 e. The third-order valence-electron chi connectivity index (χ3n) is 8.54. The number of hydrogen-bond donors (Lipinski definition) is 1. The van der Waals surface area contributed by atoms with E-state index in [9.17, 15) is 19.6 Å². The molecule has 0 aromatic carbocycles. The van der Waals surface area contributed by atoms with Gasteiger partial charge in [0.1, 0.15) is 47.9 Å². The third kappa shape index (κ3) is 7.23. The smallest absolute Gasteiger partial charge is 0.460 e. The van der Waals surface area contributed by atoms with Gasteiger partial charge in [-0.25, -0.2) is 14.3 Å². The van der Waals surface area contributed by atoms with E-state index in [-0.39, 0.29) is 17.9 Å². The van der Waals surface area contributed by atoms with Crippen molar-refractivity contribution in [1.29, 1.82) is 5.26 Å². The highest BCUT2D eigenvalue weighted by atomic mass is 16.7. The standard InChI is InChI=1S/C31H45N5O8/c1-10-28(4,5)26(38)41-24-19(15-23(37)43-29(6,7)11-2)31(17-32,22-14-13-20-25(33)34-18-35-36(20)22)42-21(24)16-40-27(39)44-30(8,9)12-3/h13-14,18-19,21,24H,10-12,15-16H2,1-9H3,(H2,33,34,35)/t19-,21-,24+,31-/m1/s1. The first-order valence-electron chi connectivity index (χ1n) is 14.9. The molecule has 0 aliphatic carbocycles. The number of anilines is 1. The first-order valence-corrected chi connectivity index (χ1v) is 14.9. The van der Waals surface area contributed by atoms with Crippen molar-refractivity contribution in [1.82, 2.24) is 14.6 Å². The van der Waals surface area contributed by atoms with Gasteiger partial charge < -0.3 is 29.4 Å². The van der Waals surface area contributed by atoms with Gasteiger partial charge in [0.25, 0.3) is 0 Å². The Kier molecular flexibility index (Phi) is 10.2. The van der Waals surface area contributed by atoms with Gasteiger partial charge in [0.15, 0.2) is 5.82 Å². The molecular weight excluding hydrogens is 570 g/mol. The highest BCUT2D eigenvalue weighted by Gasteiger charge is 2.61. The summed E-state index contributed by atoms with van der Waals surface area (Å²) in [4.78, 5) is 43.5. The van der Waals surface area contributed by atoms with Crippen molar-refractivity contribution in [2.24, 2.45) is 11.3 Å². The zero-order chi connectivity index (χ0) is 33.1. The minimum absolute atomic E-state index is 0.159. The summed E-state index contributed by atoms with van der Waals surface area (Å²) in [6.07, 6.45) is -0.921. The van der Waals surface area contributed by atoms with Gasteiger partial charge in [0, 0.05) is 0 Å². The number of fused-ring (bicyclic) bond motifs is 1. The van der Waals surface area contributed by atoms with Crippen LogP contribution < -0.4 is 5.73 Å². The molecule has 4 atom stereocenters. The Labute approximate surface area is 258 Å². The number of aromatic nitrogens is 3. The molecule has 3 rings (SSSR count). The van der Waals surface area contributed by atoms with Crippen LogP contribution >= 0.6 is 0 Å². The van der Waals surface area contributed by atoms with Crippen molar-refractivity contribution >= 4 is 29.4 Å². The summed E-state index contributed by atoms with van der Waals surface area (Å²) in [7, 11) is 0. The molecule has 0 radical (unpaired) electrons. The number of carbonyl (C=O) groups is 3. The lowest BCUT2D eigenvalue weighted by atomic mass is 9.80. The van der Waals surface area contributed by atoms with Crippen LogP contribution in [-0.4, -0.2) is 62.7 Å². The van der Waals surface area contributed by atoms with Gasteiger partial charge in [0.05, 0.1) is 23.4 Å².